The van der Waals surface area contributed by atoms with E-state index in [1.54, 1.807) is 6.07 Å². The number of nitrogens with one attached hydrogen (secondary N) is 1. The van der Waals surface area contributed by atoms with Crippen LogP contribution in [-0.2, 0) is 6.54 Å². The molecule has 0 aliphatic carbocycles. The van der Waals surface area contributed by atoms with E-state index in [9.17, 15) is 4.39 Å². The molecule has 1 N–H and O–H groups in total. The largest absolute Gasteiger partial charge is 0.311 e. The van der Waals surface area contributed by atoms with Crippen LogP contribution in [0.1, 0.15) is 25.8 Å². The summed E-state index contributed by atoms with van der Waals surface area (Å²) in [6.45, 7) is 5.94. The summed E-state index contributed by atoms with van der Waals surface area (Å²) >= 11 is 0. The van der Waals surface area contributed by atoms with Crippen LogP contribution in [0.15, 0.2) is 24.3 Å². The Kier molecular flexibility index (Phi) is 6.30. The van der Waals surface area contributed by atoms with Crippen molar-refractivity contribution in [3.8, 4) is 0 Å². The molecule has 0 saturated carbocycles. The van der Waals surface area contributed by atoms with Crippen LogP contribution in [0.4, 0.5) is 4.39 Å². The van der Waals surface area contributed by atoms with Gasteiger partial charge < -0.3 is 10.2 Å². The number of halogens is 1. The van der Waals surface area contributed by atoms with Gasteiger partial charge in [-0.2, -0.15) is 0 Å². The molecule has 1 aromatic rings. The number of hydrogen-bond donors (Lipinski definition) is 1. The zero-order valence-electron chi connectivity index (χ0n) is 11.9. The molecule has 1 unspecified atom stereocenters. The van der Waals surface area contributed by atoms with Gasteiger partial charge in [-0.1, -0.05) is 32.0 Å². The van der Waals surface area contributed by atoms with Crippen molar-refractivity contribution in [1.29, 1.82) is 0 Å². The molecule has 102 valence electrons. The molecule has 0 saturated heterocycles. The molecule has 0 aliphatic heterocycles. The summed E-state index contributed by atoms with van der Waals surface area (Å²) in [4.78, 5) is 2.23. The first-order valence-corrected chi connectivity index (χ1v) is 6.61. The van der Waals surface area contributed by atoms with E-state index in [2.05, 4.69) is 38.2 Å². The lowest BCUT2D eigenvalue weighted by Gasteiger charge is -2.26. The van der Waals surface area contributed by atoms with Crippen molar-refractivity contribution in [2.75, 3.05) is 20.6 Å². The molecule has 0 radical (unpaired) electrons. The van der Waals surface area contributed by atoms with Gasteiger partial charge in [-0.3, -0.25) is 0 Å². The third-order valence-corrected chi connectivity index (χ3v) is 3.13. The minimum Gasteiger partial charge on any atom is -0.311 e. The third kappa shape index (κ3) is 5.15. The first kappa shape index (κ1) is 15.1. The second-order valence-corrected chi connectivity index (χ2v) is 5.47. The molecule has 0 aromatic heterocycles. The predicted octanol–water partition coefficient (Wildman–Crippen LogP) is 2.89. The number of nitrogens with zero attached hydrogens (tertiary/aromatic N) is 1. The highest BCUT2D eigenvalue weighted by Crippen LogP contribution is 2.09. The van der Waals surface area contributed by atoms with Gasteiger partial charge in [0.2, 0.25) is 0 Å². The Hall–Kier alpha value is -0.930. The van der Waals surface area contributed by atoms with Crippen molar-refractivity contribution < 1.29 is 4.39 Å². The quantitative estimate of drug-likeness (QED) is 0.802. The Balaban J connectivity index is 2.41. The van der Waals surface area contributed by atoms with E-state index in [-0.39, 0.29) is 5.82 Å². The molecule has 0 amide bonds. The maximum atomic E-state index is 13.4. The number of benzene rings is 1. The van der Waals surface area contributed by atoms with Crippen molar-refractivity contribution >= 4 is 0 Å². The monoisotopic (exact) mass is 252 g/mol. The molecule has 0 bridgehead atoms. The van der Waals surface area contributed by atoms with Crippen molar-refractivity contribution in [3.05, 3.63) is 35.6 Å². The standard InChI is InChI=1S/C15H25FN2/c1-12(2)9-14(18(3)4)11-17-10-13-7-5-6-8-15(13)16/h5-8,12,14,17H,9-11H2,1-4H3. The van der Waals surface area contributed by atoms with Gasteiger partial charge in [0.15, 0.2) is 0 Å². The molecule has 0 fully saturated rings. The van der Waals surface area contributed by atoms with Gasteiger partial charge in [-0.05, 0) is 32.5 Å². The molecule has 1 rings (SSSR count). The highest BCUT2D eigenvalue weighted by atomic mass is 19.1. The van der Waals surface area contributed by atoms with Crippen LogP contribution >= 0.6 is 0 Å². The molecule has 18 heavy (non-hydrogen) atoms. The zero-order chi connectivity index (χ0) is 13.5. The molecular formula is C15H25FN2. The first-order chi connectivity index (χ1) is 8.50. The van der Waals surface area contributed by atoms with Gasteiger partial charge in [0.1, 0.15) is 5.82 Å². The van der Waals surface area contributed by atoms with Crippen LogP contribution in [0.2, 0.25) is 0 Å². The maximum absolute atomic E-state index is 13.4. The molecule has 3 heteroatoms. The van der Waals surface area contributed by atoms with Crippen LogP contribution in [0.5, 0.6) is 0 Å². The van der Waals surface area contributed by atoms with Gasteiger partial charge in [0, 0.05) is 24.7 Å². The van der Waals surface area contributed by atoms with E-state index in [0.717, 1.165) is 18.5 Å². The average molecular weight is 252 g/mol. The fraction of sp³-hybridized carbons (Fsp3) is 0.600. The highest BCUT2D eigenvalue weighted by Gasteiger charge is 2.12. The van der Waals surface area contributed by atoms with E-state index in [4.69, 9.17) is 0 Å². The lowest BCUT2D eigenvalue weighted by atomic mass is 10.0. The molecular weight excluding hydrogens is 227 g/mol. The van der Waals surface area contributed by atoms with Crippen LogP contribution in [0.25, 0.3) is 0 Å². The Morgan fingerprint density at radius 3 is 2.44 bits per heavy atom. The number of rotatable bonds is 7. The summed E-state index contributed by atoms with van der Waals surface area (Å²) in [6.07, 6.45) is 1.15. The van der Waals surface area contributed by atoms with E-state index in [0.29, 0.717) is 18.5 Å². The number of likely N-dealkylation sites (N-methyl/N-ethyl adjacent to an activating group) is 1. The van der Waals surface area contributed by atoms with E-state index >= 15 is 0 Å². The summed E-state index contributed by atoms with van der Waals surface area (Å²) < 4.78 is 13.4. The fourth-order valence-electron chi connectivity index (χ4n) is 2.04. The lowest BCUT2D eigenvalue weighted by molar-refractivity contribution is 0.246. The smallest absolute Gasteiger partial charge is 0.127 e. The lowest BCUT2D eigenvalue weighted by Crippen LogP contribution is -2.38. The third-order valence-electron chi connectivity index (χ3n) is 3.13. The van der Waals surface area contributed by atoms with E-state index in [1.165, 1.54) is 6.07 Å². The second-order valence-electron chi connectivity index (χ2n) is 5.47. The van der Waals surface area contributed by atoms with Gasteiger partial charge in [0.25, 0.3) is 0 Å². The number of hydrogen-bond acceptors (Lipinski definition) is 2. The van der Waals surface area contributed by atoms with Crippen molar-refractivity contribution in [2.45, 2.75) is 32.9 Å². The maximum Gasteiger partial charge on any atom is 0.127 e. The van der Waals surface area contributed by atoms with Gasteiger partial charge in [0.05, 0.1) is 0 Å². The van der Waals surface area contributed by atoms with Crippen LogP contribution in [0, 0.1) is 11.7 Å². The molecule has 0 spiro atoms. The normalized spacial score (nSPS) is 13.3. The topological polar surface area (TPSA) is 15.3 Å². The molecule has 0 heterocycles. The van der Waals surface area contributed by atoms with Crippen LogP contribution in [0.3, 0.4) is 0 Å². The van der Waals surface area contributed by atoms with Gasteiger partial charge in [-0.25, -0.2) is 4.39 Å². The summed E-state index contributed by atoms with van der Waals surface area (Å²) in [6, 6.07) is 7.43. The molecule has 2 nitrogen and oxygen atoms in total. The highest BCUT2D eigenvalue weighted by molar-refractivity contribution is 5.16. The summed E-state index contributed by atoms with van der Waals surface area (Å²) in [5.74, 6) is 0.544. The summed E-state index contributed by atoms with van der Waals surface area (Å²) in [5, 5.41) is 3.35. The Morgan fingerprint density at radius 1 is 1.22 bits per heavy atom. The average Bonchev–Trinajstić information content (AvgIpc) is 2.29. The predicted molar refractivity (Wildman–Crippen MR) is 75.0 cm³/mol. The van der Waals surface area contributed by atoms with Crippen molar-refractivity contribution in [3.63, 3.8) is 0 Å². The molecule has 1 aromatic carbocycles. The van der Waals surface area contributed by atoms with Crippen molar-refractivity contribution in [1.82, 2.24) is 10.2 Å². The Bertz CT molecular complexity index is 350. The van der Waals surface area contributed by atoms with Crippen LogP contribution < -0.4 is 5.32 Å². The second kappa shape index (κ2) is 7.49. The van der Waals surface area contributed by atoms with E-state index < -0.39 is 0 Å². The van der Waals surface area contributed by atoms with Crippen molar-refractivity contribution in [2.24, 2.45) is 5.92 Å². The Morgan fingerprint density at radius 2 is 1.89 bits per heavy atom. The summed E-state index contributed by atoms with van der Waals surface area (Å²) in [5.41, 5.74) is 0.736. The molecule has 1 atom stereocenters. The zero-order valence-corrected chi connectivity index (χ0v) is 11.9. The minimum atomic E-state index is -0.129. The van der Waals surface area contributed by atoms with Crippen LogP contribution in [-0.4, -0.2) is 31.6 Å². The van der Waals surface area contributed by atoms with Gasteiger partial charge in [-0.15, -0.1) is 0 Å². The first-order valence-electron chi connectivity index (χ1n) is 6.61. The molecule has 0 aliphatic rings. The minimum absolute atomic E-state index is 0.129. The Labute approximate surface area is 110 Å². The SMILES string of the molecule is CC(C)CC(CNCc1ccccc1F)N(C)C. The van der Waals surface area contributed by atoms with Gasteiger partial charge >= 0.3 is 0 Å². The summed E-state index contributed by atoms with van der Waals surface area (Å²) in [7, 11) is 4.19. The van der Waals surface area contributed by atoms with E-state index in [1.807, 2.05) is 12.1 Å². The fourth-order valence-corrected chi connectivity index (χ4v) is 2.04.